The Bertz CT molecular complexity index is 803. The zero-order valence-corrected chi connectivity index (χ0v) is 20.1. The Morgan fingerprint density at radius 3 is 2.34 bits per heavy atom. The van der Waals surface area contributed by atoms with Gasteiger partial charge in [-0.25, -0.2) is 0 Å². The average molecular weight is 497 g/mol. The van der Waals surface area contributed by atoms with E-state index < -0.39 is 47.6 Å². The molecule has 1 saturated heterocycles. The van der Waals surface area contributed by atoms with E-state index in [-0.39, 0.29) is 45.5 Å². The molecule has 1 aromatic rings. The minimum Gasteiger partial charge on any atom is -0.462 e. The minimum absolute atomic E-state index is 0.0284. The van der Waals surface area contributed by atoms with Gasteiger partial charge in [0.25, 0.3) is 0 Å². The number of hydrogen-bond acceptors (Lipinski definition) is 9. The van der Waals surface area contributed by atoms with Crippen LogP contribution in [0.15, 0.2) is 36.9 Å². The van der Waals surface area contributed by atoms with E-state index in [4.69, 9.17) is 9.47 Å². The highest BCUT2D eigenvalue weighted by atomic mass is 16.7. The third kappa shape index (κ3) is 5.57. The quantitative estimate of drug-likeness (QED) is 0.190. The van der Waals surface area contributed by atoms with Crippen LogP contribution in [-0.2, 0) is 11.2 Å². The molecule has 8 unspecified atom stereocenters. The Labute approximate surface area is 206 Å². The van der Waals surface area contributed by atoms with E-state index in [1.165, 1.54) is 0 Å². The second kappa shape index (κ2) is 12.1. The van der Waals surface area contributed by atoms with E-state index in [2.05, 4.69) is 6.58 Å². The number of fused-ring (bicyclic) bond motifs is 2. The molecule has 0 spiro atoms. The molecular formula is C26H40O9. The third-order valence-corrected chi connectivity index (χ3v) is 7.59. The molecule has 0 aromatic heterocycles. The Morgan fingerprint density at radius 1 is 1.09 bits per heavy atom. The molecule has 198 valence electrons. The number of rotatable bonds is 13. The largest absolute Gasteiger partial charge is 0.462 e. The van der Waals surface area contributed by atoms with Crippen molar-refractivity contribution in [2.24, 2.45) is 11.8 Å². The number of aliphatic hydroxyl groups is 7. The predicted molar refractivity (Wildman–Crippen MR) is 127 cm³/mol. The fourth-order valence-electron chi connectivity index (χ4n) is 5.70. The number of allylic oxidation sites excluding steroid dienone is 1. The lowest BCUT2D eigenvalue weighted by Gasteiger charge is -2.61. The lowest BCUT2D eigenvalue weighted by molar-refractivity contribution is -0.390. The normalized spacial score (nSPS) is 34.3. The van der Waals surface area contributed by atoms with Crippen LogP contribution in [0.4, 0.5) is 0 Å². The van der Waals surface area contributed by atoms with Gasteiger partial charge in [0.05, 0.1) is 6.10 Å². The van der Waals surface area contributed by atoms with Crippen molar-refractivity contribution in [1.29, 1.82) is 0 Å². The highest BCUT2D eigenvalue weighted by molar-refractivity contribution is 5.29. The van der Waals surface area contributed by atoms with Crippen LogP contribution in [0.1, 0.15) is 44.1 Å². The summed E-state index contributed by atoms with van der Waals surface area (Å²) in [6, 6.07) is 7.06. The van der Waals surface area contributed by atoms with Crippen molar-refractivity contribution >= 4 is 0 Å². The second-order valence-electron chi connectivity index (χ2n) is 9.81. The van der Waals surface area contributed by atoms with E-state index in [0.717, 1.165) is 5.56 Å². The predicted octanol–water partition coefficient (Wildman–Crippen LogP) is 0.266. The lowest BCUT2D eigenvalue weighted by Crippen LogP contribution is -2.80. The fraction of sp³-hybridized carbons (Fsp3) is 0.692. The SMILES string of the molecule is C=CCc1ccc(OC2OC(C(O)CCCO)C3(O)CCC(C(CO)CCCO)C2(O)C3O)cc1. The molecule has 35 heavy (non-hydrogen) atoms. The van der Waals surface area contributed by atoms with E-state index in [1.807, 2.05) is 12.1 Å². The van der Waals surface area contributed by atoms with Crippen LogP contribution in [0, 0.1) is 11.8 Å². The van der Waals surface area contributed by atoms with Crippen LogP contribution in [0.25, 0.3) is 0 Å². The molecule has 1 heterocycles. The van der Waals surface area contributed by atoms with Crippen LogP contribution >= 0.6 is 0 Å². The molecule has 1 aromatic carbocycles. The van der Waals surface area contributed by atoms with Crippen molar-refractivity contribution in [3.8, 4) is 5.75 Å². The second-order valence-corrected chi connectivity index (χ2v) is 9.81. The fourth-order valence-corrected chi connectivity index (χ4v) is 5.70. The van der Waals surface area contributed by atoms with Crippen LogP contribution < -0.4 is 4.74 Å². The standard InChI is InChI=1S/C26H40O9/c1-2-5-17-8-10-19(11-9-17)34-24-26(33)20(18(16-29)6-3-14-27)12-13-25(32,23(26)31)22(35-24)21(30)7-4-15-28/h2,8-11,18,20-24,27-33H,1,3-7,12-16H2. The van der Waals surface area contributed by atoms with Crippen molar-refractivity contribution in [3.05, 3.63) is 42.5 Å². The first kappa shape index (κ1) is 28.0. The Kier molecular flexibility index (Phi) is 9.70. The topological polar surface area (TPSA) is 160 Å². The summed E-state index contributed by atoms with van der Waals surface area (Å²) in [5.41, 5.74) is -3.05. The first-order valence-corrected chi connectivity index (χ1v) is 12.4. The maximum absolute atomic E-state index is 12.0. The van der Waals surface area contributed by atoms with Gasteiger partial charge >= 0.3 is 0 Å². The molecule has 2 fully saturated rings. The van der Waals surface area contributed by atoms with Crippen molar-refractivity contribution in [2.45, 2.75) is 80.7 Å². The number of aliphatic hydroxyl groups excluding tert-OH is 5. The molecule has 2 bridgehead atoms. The van der Waals surface area contributed by atoms with Crippen molar-refractivity contribution < 1.29 is 45.2 Å². The summed E-state index contributed by atoms with van der Waals surface area (Å²) in [7, 11) is 0. The maximum atomic E-state index is 12.0. The molecule has 8 atom stereocenters. The molecule has 1 aliphatic heterocycles. The monoisotopic (exact) mass is 496 g/mol. The van der Waals surface area contributed by atoms with E-state index in [0.29, 0.717) is 25.0 Å². The summed E-state index contributed by atoms with van der Waals surface area (Å²) in [4.78, 5) is 0. The van der Waals surface area contributed by atoms with Gasteiger partial charge in [0.2, 0.25) is 6.29 Å². The van der Waals surface area contributed by atoms with Crippen molar-refractivity contribution in [3.63, 3.8) is 0 Å². The Balaban J connectivity index is 1.97. The molecule has 1 saturated carbocycles. The van der Waals surface area contributed by atoms with Crippen LogP contribution in [0.2, 0.25) is 0 Å². The Hall–Kier alpha value is -1.56. The minimum atomic E-state index is -2.09. The van der Waals surface area contributed by atoms with E-state index in [1.54, 1.807) is 18.2 Å². The highest BCUT2D eigenvalue weighted by Crippen LogP contribution is 2.53. The van der Waals surface area contributed by atoms with E-state index in [9.17, 15) is 35.7 Å². The Morgan fingerprint density at radius 2 is 1.74 bits per heavy atom. The maximum Gasteiger partial charge on any atom is 0.232 e. The first-order chi connectivity index (χ1) is 16.8. The molecule has 0 amide bonds. The summed E-state index contributed by atoms with van der Waals surface area (Å²) in [6.45, 7) is 3.19. The van der Waals surface area contributed by atoms with Gasteiger partial charge in [-0.05, 0) is 68.6 Å². The molecule has 7 N–H and O–H groups in total. The van der Waals surface area contributed by atoms with Crippen LogP contribution in [-0.4, -0.2) is 91.4 Å². The van der Waals surface area contributed by atoms with Gasteiger partial charge in [-0.15, -0.1) is 6.58 Å². The number of hydrogen-bond donors (Lipinski definition) is 7. The van der Waals surface area contributed by atoms with Crippen LogP contribution in [0.5, 0.6) is 5.75 Å². The zero-order chi connectivity index (χ0) is 25.6. The smallest absolute Gasteiger partial charge is 0.232 e. The number of ether oxygens (including phenoxy) is 2. The summed E-state index contributed by atoms with van der Waals surface area (Å²) in [5.74, 6) is -0.820. The third-order valence-electron chi connectivity index (χ3n) is 7.59. The molecular weight excluding hydrogens is 456 g/mol. The lowest BCUT2D eigenvalue weighted by atomic mass is 9.58. The van der Waals surface area contributed by atoms with Crippen LogP contribution in [0.3, 0.4) is 0 Å². The van der Waals surface area contributed by atoms with Gasteiger partial charge < -0.3 is 45.2 Å². The summed E-state index contributed by atoms with van der Waals surface area (Å²) in [6.07, 6.45) is -1.77. The van der Waals surface area contributed by atoms with Crippen molar-refractivity contribution in [2.75, 3.05) is 19.8 Å². The van der Waals surface area contributed by atoms with Gasteiger partial charge in [-0.1, -0.05) is 18.2 Å². The summed E-state index contributed by atoms with van der Waals surface area (Å²) < 4.78 is 12.1. The molecule has 2 aliphatic rings. The number of benzene rings is 1. The molecule has 1 aliphatic carbocycles. The molecule has 0 radical (unpaired) electrons. The van der Waals surface area contributed by atoms with Gasteiger partial charge in [0, 0.05) is 25.7 Å². The van der Waals surface area contributed by atoms with E-state index >= 15 is 0 Å². The molecule has 9 heteroatoms. The summed E-state index contributed by atoms with van der Waals surface area (Å²) in [5, 5.41) is 74.1. The molecule has 3 rings (SSSR count). The molecule has 9 nitrogen and oxygen atoms in total. The van der Waals surface area contributed by atoms with Crippen molar-refractivity contribution in [1.82, 2.24) is 0 Å². The van der Waals surface area contributed by atoms with Gasteiger partial charge in [-0.3, -0.25) is 0 Å². The average Bonchev–Trinajstić information content (AvgIpc) is 2.85. The first-order valence-electron chi connectivity index (χ1n) is 12.4. The summed E-state index contributed by atoms with van der Waals surface area (Å²) >= 11 is 0. The highest BCUT2D eigenvalue weighted by Gasteiger charge is 2.70. The van der Waals surface area contributed by atoms with Gasteiger partial charge in [0.15, 0.2) is 5.60 Å². The van der Waals surface area contributed by atoms with Gasteiger partial charge in [-0.2, -0.15) is 0 Å². The van der Waals surface area contributed by atoms with Gasteiger partial charge in [0.1, 0.15) is 23.6 Å². The zero-order valence-electron chi connectivity index (χ0n) is 20.1.